The number of rotatable bonds is 6. The van der Waals surface area contributed by atoms with Crippen LogP contribution in [-0.2, 0) is 11.2 Å². The van der Waals surface area contributed by atoms with Gasteiger partial charge in [-0.25, -0.2) is 4.79 Å². The van der Waals surface area contributed by atoms with Crippen LogP contribution in [0.3, 0.4) is 0 Å². The molecule has 26 heavy (non-hydrogen) atoms. The Morgan fingerprint density at radius 3 is 2.69 bits per heavy atom. The van der Waals surface area contributed by atoms with Gasteiger partial charge in [0.15, 0.2) is 0 Å². The number of phenolic OH excluding ortho intramolecular Hbond substituents is 1. The van der Waals surface area contributed by atoms with Gasteiger partial charge in [0.05, 0.1) is 7.11 Å². The number of aryl methyl sites for hydroxylation is 1. The number of hydrogen-bond acceptors (Lipinski definition) is 5. The highest BCUT2D eigenvalue weighted by Crippen LogP contribution is 2.32. The van der Waals surface area contributed by atoms with E-state index in [9.17, 15) is 9.90 Å². The second-order valence-electron chi connectivity index (χ2n) is 5.69. The Labute approximate surface area is 154 Å². The quantitative estimate of drug-likeness (QED) is 0.643. The molecular weight excluding hydrogens is 358 g/mol. The molecule has 1 heterocycles. The lowest BCUT2D eigenvalue weighted by molar-refractivity contribution is -0.132. The Bertz CT molecular complexity index is 1010. The summed E-state index contributed by atoms with van der Waals surface area (Å²) < 4.78 is 5.28. The zero-order chi connectivity index (χ0) is 18.8. The molecule has 0 fully saturated rings. The van der Waals surface area contributed by atoms with Gasteiger partial charge < -0.3 is 14.9 Å². The minimum Gasteiger partial charge on any atom is -0.505 e. The molecular formula is C18H16ClN3O4. The van der Waals surface area contributed by atoms with Crippen molar-refractivity contribution in [2.24, 2.45) is 0 Å². The number of halogens is 1. The monoisotopic (exact) mass is 373 g/mol. The number of carboxylic acids is 1. The number of carbonyl (C=O) groups is 1. The van der Waals surface area contributed by atoms with Crippen LogP contribution in [-0.4, -0.2) is 38.3 Å². The maximum atomic E-state index is 10.9. The topological polar surface area (TPSA) is 97.5 Å². The Kier molecular flexibility index (Phi) is 4.81. The Hall–Kier alpha value is -3.06. The van der Waals surface area contributed by atoms with Gasteiger partial charge in [0.1, 0.15) is 28.2 Å². The van der Waals surface area contributed by atoms with Crippen LogP contribution < -0.4 is 4.74 Å². The van der Waals surface area contributed by atoms with Crippen LogP contribution in [0, 0.1) is 0 Å². The fourth-order valence-corrected chi connectivity index (χ4v) is 2.66. The minimum absolute atomic E-state index is 0.0459. The number of aromatic hydroxyl groups is 1. The van der Waals surface area contributed by atoms with Gasteiger partial charge in [-0.2, -0.15) is 0 Å². The molecule has 0 aliphatic carbocycles. The molecule has 0 saturated heterocycles. The third-order valence-electron chi connectivity index (χ3n) is 3.93. The predicted molar refractivity (Wildman–Crippen MR) is 97.2 cm³/mol. The smallest absolute Gasteiger partial charge is 0.330 e. The lowest BCUT2D eigenvalue weighted by Gasteiger charge is -2.12. The van der Waals surface area contributed by atoms with Crippen molar-refractivity contribution in [1.29, 1.82) is 0 Å². The van der Waals surface area contributed by atoms with Crippen molar-refractivity contribution in [1.82, 2.24) is 15.0 Å². The molecule has 2 N–H and O–H groups in total. The summed E-state index contributed by atoms with van der Waals surface area (Å²) in [5, 5.41) is 28.8. The molecule has 3 rings (SSSR count). The Morgan fingerprint density at radius 1 is 1.27 bits per heavy atom. The van der Waals surface area contributed by atoms with Crippen LogP contribution in [0.5, 0.6) is 11.5 Å². The number of fused-ring (bicyclic) bond motifs is 1. The number of aromatic nitrogens is 3. The zero-order valence-electron chi connectivity index (χ0n) is 13.9. The highest BCUT2D eigenvalue weighted by atomic mass is 35.5. The lowest BCUT2D eigenvalue weighted by Crippen LogP contribution is -2.04. The highest BCUT2D eigenvalue weighted by molar-refractivity contribution is 6.31. The van der Waals surface area contributed by atoms with Gasteiger partial charge in [-0.05, 0) is 37.1 Å². The van der Waals surface area contributed by atoms with E-state index in [0.717, 1.165) is 0 Å². The van der Waals surface area contributed by atoms with Gasteiger partial charge in [0.25, 0.3) is 0 Å². The molecule has 0 aliphatic heterocycles. The maximum Gasteiger partial charge on any atom is 0.330 e. The van der Waals surface area contributed by atoms with Gasteiger partial charge >= 0.3 is 5.97 Å². The van der Waals surface area contributed by atoms with Crippen LogP contribution in [0.15, 0.2) is 42.5 Å². The summed E-state index contributed by atoms with van der Waals surface area (Å²) in [4.78, 5) is 12.2. The first kappa shape index (κ1) is 17.8. The summed E-state index contributed by atoms with van der Waals surface area (Å²) in [7, 11) is 1.50. The van der Waals surface area contributed by atoms with E-state index in [1.807, 2.05) is 0 Å². The van der Waals surface area contributed by atoms with E-state index in [1.165, 1.54) is 11.9 Å². The fourth-order valence-electron chi connectivity index (χ4n) is 2.50. The van der Waals surface area contributed by atoms with Crippen molar-refractivity contribution < 1.29 is 19.7 Å². The first-order valence-electron chi connectivity index (χ1n) is 7.73. The normalized spacial score (nSPS) is 10.8. The fraction of sp³-hybridized carbons (Fsp3) is 0.167. The van der Waals surface area contributed by atoms with E-state index in [2.05, 4.69) is 16.8 Å². The standard InChI is InChI=1S/C18H16ClN3O4/c1-10(18(24)25)3-4-11-7-13(26-2)9-16(17(11)23)22-20-14-6-5-12(19)8-15(14)21-22/h5-9,23H,1,3-4H2,2H3,(H,24,25). The summed E-state index contributed by atoms with van der Waals surface area (Å²) in [6.07, 6.45) is 0.480. The van der Waals surface area contributed by atoms with Gasteiger partial charge in [0, 0.05) is 22.2 Å². The molecule has 0 spiro atoms. The van der Waals surface area contributed by atoms with Crippen molar-refractivity contribution in [2.75, 3.05) is 7.11 Å². The lowest BCUT2D eigenvalue weighted by atomic mass is 10.0. The summed E-state index contributed by atoms with van der Waals surface area (Å²) >= 11 is 5.97. The molecule has 0 unspecified atom stereocenters. The third-order valence-corrected chi connectivity index (χ3v) is 4.17. The summed E-state index contributed by atoms with van der Waals surface area (Å²) in [6.45, 7) is 3.50. The molecule has 2 aromatic carbocycles. The molecule has 0 radical (unpaired) electrons. The number of benzene rings is 2. The zero-order valence-corrected chi connectivity index (χ0v) is 14.7. The average molecular weight is 374 g/mol. The minimum atomic E-state index is -1.07. The second-order valence-corrected chi connectivity index (χ2v) is 6.12. The first-order valence-corrected chi connectivity index (χ1v) is 8.10. The third kappa shape index (κ3) is 3.48. The van der Waals surface area contributed by atoms with Crippen molar-refractivity contribution >= 4 is 28.6 Å². The Morgan fingerprint density at radius 2 is 2.00 bits per heavy atom. The number of nitrogens with zero attached hydrogens (tertiary/aromatic N) is 3. The van der Waals surface area contributed by atoms with Crippen LogP contribution >= 0.6 is 11.6 Å². The molecule has 1 aromatic heterocycles. The number of aliphatic carboxylic acids is 1. The number of ether oxygens (including phenoxy) is 1. The van der Waals surface area contributed by atoms with E-state index in [1.54, 1.807) is 30.3 Å². The SMILES string of the molecule is C=C(CCc1cc(OC)cc(-n2nc3ccc(Cl)cc3n2)c1O)C(=O)O. The molecule has 3 aromatic rings. The number of carboxylic acid groups (broad SMARTS) is 1. The highest BCUT2D eigenvalue weighted by Gasteiger charge is 2.16. The summed E-state index contributed by atoms with van der Waals surface area (Å²) in [5.41, 5.74) is 2.11. The molecule has 0 bridgehead atoms. The maximum absolute atomic E-state index is 10.9. The van der Waals surface area contributed by atoms with E-state index in [0.29, 0.717) is 33.1 Å². The average Bonchev–Trinajstić information content (AvgIpc) is 3.03. The molecule has 0 saturated carbocycles. The summed E-state index contributed by atoms with van der Waals surface area (Å²) in [6, 6.07) is 8.36. The molecule has 0 amide bonds. The van der Waals surface area contributed by atoms with E-state index in [4.69, 9.17) is 21.4 Å². The van der Waals surface area contributed by atoms with Gasteiger partial charge in [-0.1, -0.05) is 18.2 Å². The van der Waals surface area contributed by atoms with Gasteiger partial charge in [0.2, 0.25) is 0 Å². The van der Waals surface area contributed by atoms with Crippen molar-refractivity contribution in [3.05, 3.63) is 53.1 Å². The second kappa shape index (κ2) is 7.05. The molecule has 0 atom stereocenters. The number of hydrogen-bond donors (Lipinski definition) is 2. The van der Waals surface area contributed by atoms with Crippen LogP contribution in [0.1, 0.15) is 12.0 Å². The van der Waals surface area contributed by atoms with Crippen LogP contribution in [0.2, 0.25) is 5.02 Å². The number of methoxy groups -OCH3 is 1. The molecule has 8 heteroatoms. The molecule has 7 nitrogen and oxygen atoms in total. The van der Waals surface area contributed by atoms with Crippen LogP contribution in [0.4, 0.5) is 0 Å². The largest absolute Gasteiger partial charge is 0.505 e. The molecule has 0 aliphatic rings. The summed E-state index contributed by atoms with van der Waals surface area (Å²) in [5.74, 6) is -0.618. The molecule has 134 valence electrons. The van der Waals surface area contributed by atoms with Crippen molar-refractivity contribution in [2.45, 2.75) is 12.8 Å². The van der Waals surface area contributed by atoms with Crippen molar-refractivity contribution in [3.8, 4) is 17.2 Å². The van der Waals surface area contributed by atoms with E-state index < -0.39 is 5.97 Å². The van der Waals surface area contributed by atoms with Gasteiger partial charge in [-0.15, -0.1) is 15.0 Å². The predicted octanol–water partition coefficient (Wildman–Crippen LogP) is 3.36. The van der Waals surface area contributed by atoms with E-state index in [-0.39, 0.29) is 24.2 Å². The Balaban J connectivity index is 2.03. The number of phenols is 1. The van der Waals surface area contributed by atoms with E-state index >= 15 is 0 Å². The van der Waals surface area contributed by atoms with Crippen molar-refractivity contribution in [3.63, 3.8) is 0 Å². The van der Waals surface area contributed by atoms with Crippen LogP contribution in [0.25, 0.3) is 16.7 Å². The first-order chi connectivity index (χ1) is 12.4. The van der Waals surface area contributed by atoms with Gasteiger partial charge in [-0.3, -0.25) is 0 Å².